The first-order valence-electron chi connectivity index (χ1n) is 5.82. The molecule has 2 fully saturated rings. The molecule has 0 bridgehead atoms. The molecule has 0 radical (unpaired) electrons. The fourth-order valence-electron chi connectivity index (χ4n) is 2.11. The topological polar surface area (TPSA) is 68.0 Å². The molecule has 0 aromatic carbocycles. The Morgan fingerprint density at radius 3 is 2.69 bits per heavy atom. The van der Waals surface area contributed by atoms with Gasteiger partial charge in [-0.15, -0.1) is 0 Å². The maximum atomic E-state index is 11.8. The van der Waals surface area contributed by atoms with Crippen LogP contribution in [0.25, 0.3) is 0 Å². The van der Waals surface area contributed by atoms with Crippen molar-refractivity contribution in [3.05, 3.63) is 11.7 Å². The molecule has 2 aliphatic rings. The molecule has 1 aromatic heterocycles. The average Bonchev–Trinajstić information content (AvgIpc) is 2.96. The normalized spacial score (nSPS) is 22.6. The maximum absolute atomic E-state index is 11.8. The number of carbonyl (C=O) groups excluding carboxylic acids is 1. The van der Waals surface area contributed by atoms with E-state index in [0.29, 0.717) is 11.7 Å². The van der Waals surface area contributed by atoms with Crippen molar-refractivity contribution in [3.8, 4) is 0 Å². The second-order valence-corrected chi connectivity index (χ2v) is 4.84. The summed E-state index contributed by atoms with van der Waals surface area (Å²) in [6.45, 7) is 1.77. The Hall–Kier alpha value is -1.39. The number of hydrogen-bond acceptors (Lipinski definition) is 4. The van der Waals surface area contributed by atoms with Crippen molar-refractivity contribution in [2.75, 3.05) is 0 Å². The van der Waals surface area contributed by atoms with Gasteiger partial charge in [-0.1, -0.05) is 5.16 Å². The van der Waals surface area contributed by atoms with Crippen LogP contribution in [-0.2, 0) is 10.3 Å². The van der Waals surface area contributed by atoms with Crippen LogP contribution in [0, 0.1) is 12.8 Å². The fraction of sp³-hybridized carbons (Fsp3) is 0.727. The lowest BCUT2D eigenvalue weighted by molar-refractivity contribution is -0.125. The second-order valence-electron chi connectivity index (χ2n) is 4.84. The fourth-order valence-corrected chi connectivity index (χ4v) is 2.11. The van der Waals surface area contributed by atoms with Gasteiger partial charge in [0.2, 0.25) is 11.8 Å². The number of carbonyl (C=O) groups is 1. The van der Waals surface area contributed by atoms with Crippen LogP contribution in [0.4, 0.5) is 0 Å². The zero-order valence-electron chi connectivity index (χ0n) is 9.32. The predicted molar refractivity (Wildman–Crippen MR) is 55.4 cm³/mol. The molecule has 86 valence electrons. The summed E-state index contributed by atoms with van der Waals surface area (Å²) in [6.07, 6.45) is 4.99. The minimum Gasteiger partial charge on any atom is -0.343 e. The molecular weight excluding hydrogens is 206 g/mol. The van der Waals surface area contributed by atoms with Gasteiger partial charge in [-0.3, -0.25) is 4.79 Å². The van der Waals surface area contributed by atoms with E-state index in [1.807, 2.05) is 0 Å². The predicted octanol–water partition coefficient (Wildman–Crippen LogP) is 1.28. The quantitative estimate of drug-likeness (QED) is 0.834. The van der Waals surface area contributed by atoms with Crippen molar-refractivity contribution in [3.63, 3.8) is 0 Å². The van der Waals surface area contributed by atoms with E-state index in [4.69, 9.17) is 4.52 Å². The molecule has 5 heteroatoms. The van der Waals surface area contributed by atoms with Crippen LogP contribution in [-0.4, -0.2) is 16.0 Å². The molecular formula is C11H15N3O2. The molecule has 0 spiro atoms. The zero-order chi connectivity index (χ0) is 11.2. The van der Waals surface area contributed by atoms with Crippen LogP contribution in [0.2, 0.25) is 0 Å². The van der Waals surface area contributed by atoms with Crippen molar-refractivity contribution in [1.82, 2.24) is 15.5 Å². The second kappa shape index (κ2) is 3.30. The van der Waals surface area contributed by atoms with Gasteiger partial charge in [0.05, 0.1) is 0 Å². The van der Waals surface area contributed by atoms with Gasteiger partial charge in [-0.2, -0.15) is 4.98 Å². The van der Waals surface area contributed by atoms with Crippen molar-refractivity contribution in [1.29, 1.82) is 0 Å². The first kappa shape index (κ1) is 9.81. The summed E-state index contributed by atoms with van der Waals surface area (Å²) in [5, 5.41) is 7.04. The van der Waals surface area contributed by atoms with E-state index in [9.17, 15) is 4.79 Å². The van der Waals surface area contributed by atoms with E-state index in [1.54, 1.807) is 6.92 Å². The van der Waals surface area contributed by atoms with Crippen molar-refractivity contribution < 1.29 is 9.32 Å². The van der Waals surface area contributed by atoms with Gasteiger partial charge < -0.3 is 9.84 Å². The summed E-state index contributed by atoms with van der Waals surface area (Å²) >= 11 is 0. The van der Waals surface area contributed by atoms with E-state index in [2.05, 4.69) is 15.5 Å². The molecule has 3 rings (SSSR count). The Morgan fingerprint density at radius 2 is 2.25 bits per heavy atom. The largest absolute Gasteiger partial charge is 0.343 e. The van der Waals surface area contributed by atoms with Crippen molar-refractivity contribution in [2.45, 2.75) is 44.6 Å². The highest BCUT2D eigenvalue weighted by molar-refractivity contribution is 5.81. The molecule has 2 saturated carbocycles. The minimum absolute atomic E-state index is 0.155. The third kappa shape index (κ3) is 1.50. The average molecular weight is 221 g/mol. The van der Waals surface area contributed by atoms with Crippen molar-refractivity contribution in [2.24, 2.45) is 5.92 Å². The van der Waals surface area contributed by atoms with Crippen molar-refractivity contribution >= 4 is 5.91 Å². The molecule has 0 unspecified atom stereocenters. The molecule has 0 atom stereocenters. The van der Waals surface area contributed by atoms with E-state index >= 15 is 0 Å². The summed E-state index contributed by atoms with van der Waals surface area (Å²) < 4.78 is 4.99. The van der Waals surface area contributed by atoms with Gasteiger partial charge in [0.25, 0.3) is 0 Å². The Kier molecular flexibility index (Phi) is 2.02. The number of rotatable bonds is 3. The Labute approximate surface area is 93.6 Å². The maximum Gasteiger partial charge on any atom is 0.223 e. The molecule has 1 heterocycles. The third-order valence-corrected chi connectivity index (χ3v) is 3.47. The van der Waals surface area contributed by atoms with E-state index in [-0.39, 0.29) is 17.4 Å². The standard InChI is InChI=1S/C11H15N3O2/c1-7-12-10(14-16-7)11(5-2-6-11)13-9(15)8-3-4-8/h8H,2-6H2,1H3,(H,13,15). The van der Waals surface area contributed by atoms with E-state index in [0.717, 1.165) is 32.1 Å². The van der Waals surface area contributed by atoms with Gasteiger partial charge in [-0.05, 0) is 32.1 Å². The molecule has 1 aromatic rings. The molecule has 1 N–H and O–H groups in total. The lowest BCUT2D eigenvalue weighted by Crippen LogP contribution is -2.52. The van der Waals surface area contributed by atoms with Crippen LogP contribution in [0.3, 0.4) is 0 Å². The summed E-state index contributed by atoms with van der Waals surface area (Å²) in [5.41, 5.74) is -0.336. The zero-order valence-corrected chi connectivity index (χ0v) is 9.32. The molecule has 0 saturated heterocycles. The SMILES string of the molecule is Cc1nc(C2(NC(=O)C3CC3)CCC2)no1. The first-order valence-corrected chi connectivity index (χ1v) is 5.82. The summed E-state index contributed by atoms with van der Waals surface area (Å²) in [6, 6.07) is 0. The van der Waals surface area contributed by atoms with Crippen LogP contribution in [0.1, 0.15) is 43.8 Å². The number of amides is 1. The monoisotopic (exact) mass is 221 g/mol. The van der Waals surface area contributed by atoms with Gasteiger partial charge in [0.1, 0.15) is 5.54 Å². The first-order chi connectivity index (χ1) is 7.70. The minimum atomic E-state index is -0.336. The number of nitrogens with one attached hydrogen (secondary N) is 1. The summed E-state index contributed by atoms with van der Waals surface area (Å²) in [5.74, 6) is 1.58. The Bertz CT molecular complexity index is 419. The molecule has 0 aliphatic heterocycles. The summed E-state index contributed by atoms with van der Waals surface area (Å²) in [4.78, 5) is 16.0. The molecule has 1 amide bonds. The highest BCUT2D eigenvalue weighted by atomic mass is 16.5. The highest BCUT2D eigenvalue weighted by Gasteiger charge is 2.46. The Balaban J connectivity index is 1.79. The van der Waals surface area contributed by atoms with Crippen LogP contribution in [0.5, 0.6) is 0 Å². The number of aryl methyl sites for hydroxylation is 1. The van der Waals surface area contributed by atoms with Crippen LogP contribution >= 0.6 is 0 Å². The lowest BCUT2D eigenvalue weighted by Gasteiger charge is -2.39. The smallest absolute Gasteiger partial charge is 0.223 e. The van der Waals surface area contributed by atoms with Gasteiger partial charge >= 0.3 is 0 Å². The van der Waals surface area contributed by atoms with Gasteiger partial charge in [0.15, 0.2) is 5.82 Å². The van der Waals surface area contributed by atoms with E-state index in [1.165, 1.54) is 0 Å². The highest BCUT2D eigenvalue weighted by Crippen LogP contribution is 2.41. The Morgan fingerprint density at radius 1 is 1.50 bits per heavy atom. The number of nitrogens with zero attached hydrogens (tertiary/aromatic N) is 2. The lowest BCUT2D eigenvalue weighted by atomic mass is 9.76. The van der Waals surface area contributed by atoms with Gasteiger partial charge in [-0.25, -0.2) is 0 Å². The number of hydrogen-bond donors (Lipinski definition) is 1. The van der Waals surface area contributed by atoms with Crippen LogP contribution in [0.15, 0.2) is 4.52 Å². The number of aromatic nitrogens is 2. The van der Waals surface area contributed by atoms with Crippen LogP contribution < -0.4 is 5.32 Å². The summed E-state index contributed by atoms with van der Waals surface area (Å²) in [7, 11) is 0. The van der Waals surface area contributed by atoms with Gasteiger partial charge in [0, 0.05) is 12.8 Å². The van der Waals surface area contributed by atoms with E-state index < -0.39 is 0 Å². The molecule has 5 nitrogen and oxygen atoms in total. The molecule has 2 aliphatic carbocycles. The molecule has 16 heavy (non-hydrogen) atoms. The third-order valence-electron chi connectivity index (χ3n) is 3.47.